The zero-order chi connectivity index (χ0) is 13.3. The van der Waals surface area contributed by atoms with Gasteiger partial charge in [0.25, 0.3) is 0 Å². The predicted octanol–water partition coefficient (Wildman–Crippen LogP) is 4.21. The second-order valence-corrected chi connectivity index (χ2v) is 6.08. The molecule has 18 heavy (non-hydrogen) atoms. The molecule has 4 unspecified atom stereocenters. The van der Waals surface area contributed by atoms with Gasteiger partial charge in [0.05, 0.1) is 0 Å². The summed E-state index contributed by atoms with van der Waals surface area (Å²) in [6.07, 6.45) is 3.46. The van der Waals surface area contributed by atoms with Crippen molar-refractivity contribution in [2.24, 2.45) is 23.5 Å². The smallest absolute Gasteiger partial charge is 0.128 e. The molecule has 1 aliphatic rings. The highest BCUT2D eigenvalue weighted by Crippen LogP contribution is 2.39. The van der Waals surface area contributed by atoms with E-state index in [-0.39, 0.29) is 11.9 Å². The van der Waals surface area contributed by atoms with E-state index in [1.165, 1.54) is 6.42 Å². The minimum atomic E-state index is -0.152. The van der Waals surface area contributed by atoms with Gasteiger partial charge in [-0.15, -0.1) is 0 Å². The van der Waals surface area contributed by atoms with Crippen molar-refractivity contribution in [2.45, 2.75) is 46.1 Å². The molecule has 0 aromatic heterocycles. The van der Waals surface area contributed by atoms with Crippen molar-refractivity contribution in [1.82, 2.24) is 0 Å². The summed E-state index contributed by atoms with van der Waals surface area (Å²) in [5, 5.41) is 0. The number of rotatable bonds is 2. The zero-order valence-electron chi connectivity index (χ0n) is 11.6. The number of hydrogen-bond donors (Lipinski definition) is 1. The monoisotopic (exact) mass is 249 g/mol. The van der Waals surface area contributed by atoms with Gasteiger partial charge in [-0.2, -0.15) is 0 Å². The van der Waals surface area contributed by atoms with Crippen LogP contribution in [0.25, 0.3) is 0 Å². The second kappa shape index (κ2) is 5.40. The van der Waals surface area contributed by atoms with Crippen LogP contribution in [-0.4, -0.2) is 0 Å². The van der Waals surface area contributed by atoms with Gasteiger partial charge in [-0.25, -0.2) is 4.39 Å². The average Bonchev–Trinajstić information content (AvgIpc) is 2.32. The van der Waals surface area contributed by atoms with Gasteiger partial charge in [0.15, 0.2) is 0 Å². The lowest BCUT2D eigenvalue weighted by Gasteiger charge is -2.35. The van der Waals surface area contributed by atoms with Crippen molar-refractivity contribution in [3.63, 3.8) is 0 Å². The third kappa shape index (κ3) is 2.74. The maximum Gasteiger partial charge on any atom is 0.128 e. The Kier molecular flexibility index (Phi) is 4.06. The number of benzene rings is 1. The van der Waals surface area contributed by atoms with Gasteiger partial charge in [-0.05, 0) is 49.1 Å². The first-order valence-corrected chi connectivity index (χ1v) is 7.00. The molecule has 2 N–H and O–H groups in total. The number of halogens is 1. The van der Waals surface area contributed by atoms with Crippen molar-refractivity contribution in [1.29, 1.82) is 0 Å². The third-order valence-electron chi connectivity index (χ3n) is 4.66. The summed E-state index contributed by atoms with van der Waals surface area (Å²) in [5.74, 6) is 1.75. The molecule has 2 rings (SSSR count). The van der Waals surface area contributed by atoms with E-state index in [0.717, 1.165) is 24.3 Å². The summed E-state index contributed by atoms with van der Waals surface area (Å²) >= 11 is 0. The fourth-order valence-electron chi connectivity index (χ4n) is 3.07. The number of aryl methyl sites for hydroxylation is 1. The Bertz CT molecular complexity index is 416. The molecular weight excluding hydrogens is 225 g/mol. The molecule has 100 valence electrons. The third-order valence-corrected chi connectivity index (χ3v) is 4.66. The molecule has 4 atom stereocenters. The van der Waals surface area contributed by atoms with Crippen LogP contribution in [0, 0.1) is 30.5 Å². The van der Waals surface area contributed by atoms with Crippen molar-refractivity contribution in [3.8, 4) is 0 Å². The van der Waals surface area contributed by atoms with E-state index in [1.807, 2.05) is 19.1 Å². The van der Waals surface area contributed by atoms with E-state index in [1.54, 1.807) is 6.07 Å². The quantitative estimate of drug-likeness (QED) is 0.835. The van der Waals surface area contributed by atoms with Crippen LogP contribution in [0.5, 0.6) is 0 Å². The summed E-state index contributed by atoms with van der Waals surface area (Å²) in [6.45, 7) is 6.50. The van der Waals surface area contributed by atoms with E-state index in [2.05, 4.69) is 13.8 Å². The fourth-order valence-corrected chi connectivity index (χ4v) is 3.07. The first-order chi connectivity index (χ1) is 8.49. The van der Waals surface area contributed by atoms with E-state index >= 15 is 0 Å². The molecule has 0 bridgehead atoms. The van der Waals surface area contributed by atoms with Gasteiger partial charge in [0.2, 0.25) is 0 Å². The van der Waals surface area contributed by atoms with E-state index in [4.69, 9.17) is 5.73 Å². The first-order valence-electron chi connectivity index (χ1n) is 7.00. The number of nitrogens with two attached hydrogens (primary N) is 1. The molecule has 1 saturated carbocycles. The molecule has 1 aromatic carbocycles. The van der Waals surface area contributed by atoms with Crippen LogP contribution in [0.1, 0.15) is 50.3 Å². The Morgan fingerprint density at radius 2 is 1.94 bits per heavy atom. The molecule has 0 spiro atoms. The Hall–Kier alpha value is -0.890. The van der Waals surface area contributed by atoms with Crippen LogP contribution in [0.4, 0.5) is 4.39 Å². The molecule has 0 amide bonds. The van der Waals surface area contributed by atoms with Gasteiger partial charge >= 0.3 is 0 Å². The molecule has 0 radical (unpaired) electrons. The Balaban J connectivity index is 2.13. The SMILES string of the molecule is Cc1ccc(C(N)C2CCC(C)C(C)C2)c(F)c1. The summed E-state index contributed by atoms with van der Waals surface area (Å²) in [7, 11) is 0. The van der Waals surface area contributed by atoms with Gasteiger partial charge in [-0.3, -0.25) is 0 Å². The van der Waals surface area contributed by atoms with Crippen molar-refractivity contribution in [3.05, 3.63) is 35.1 Å². The second-order valence-electron chi connectivity index (χ2n) is 6.08. The lowest BCUT2D eigenvalue weighted by atomic mass is 9.72. The zero-order valence-corrected chi connectivity index (χ0v) is 11.6. The minimum Gasteiger partial charge on any atom is -0.324 e. The van der Waals surface area contributed by atoms with E-state index < -0.39 is 0 Å². The highest BCUT2D eigenvalue weighted by molar-refractivity contribution is 5.26. The van der Waals surface area contributed by atoms with E-state index in [0.29, 0.717) is 17.4 Å². The van der Waals surface area contributed by atoms with Crippen molar-refractivity contribution < 1.29 is 4.39 Å². The minimum absolute atomic E-state index is 0.145. The van der Waals surface area contributed by atoms with Gasteiger partial charge in [0, 0.05) is 11.6 Å². The summed E-state index contributed by atoms with van der Waals surface area (Å²) < 4.78 is 13.9. The molecule has 0 saturated heterocycles. The molecule has 2 heteroatoms. The molecule has 1 aliphatic carbocycles. The van der Waals surface area contributed by atoms with Gasteiger partial charge < -0.3 is 5.73 Å². The Morgan fingerprint density at radius 3 is 2.56 bits per heavy atom. The van der Waals surface area contributed by atoms with Crippen molar-refractivity contribution >= 4 is 0 Å². The lowest BCUT2D eigenvalue weighted by molar-refractivity contribution is 0.184. The fraction of sp³-hybridized carbons (Fsp3) is 0.625. The standard InChI is InChI=1S/C16H24FN/c1-10-4-7-14(15(17)8-10)16(18)13-6-5-11(2)12(3)9-13/h4,7-8,11-13,16H,5-6,9,18H2,1-3H3. The average molecular weight is 249 g/mol. The maximum absolute atomic E-state index is 13.9. The van der Waals surface area contributed by atoms with Crippen LogP contribution < -0.4 is 5.73 Å². The highest BCUT2D eigenvalue weighted by atomic mass is 19.1. The van der Waals surface area contributed by atoms with Crippen molar-refractivity contribution in [2.75, 3.05) is 0 Å². The maximum atomic E-state index is 13.9. The van der Waals surface area contributed by atoms with Crippen LogP contribution in [0.3, 0.4) is 0 Å². The molecule has 1 fully saturated rings. The molecule has 0 aliphatic heterocycles. The summed E-state index contributed by atoms with van der Waals surface area (Å²) in [5.41, 5.74) is 7.93. The summed E-state index contributed by atoms with van der Waals surface area (Å²) in [4.78, 5) is 0. The Morgan fingerprint density at radius 1 is 1.22 bits per heavy atom. The van der Waals surface area contributed by atoms with Crippen LogP contribution >= 0.6 is 0 Å². The molecule has 1 aromatic rings. The lowest BCUT2D eigenvalue weighted by Crippen LogP contribution is -2.30. The largest absolute Gasteiger partial charge is 0.324 e. The summed E-state index contributed by atoms with van der Waals surface area (Å²) in [6, 6.07) is 5.25. The molecular formula is C16H24FN. The van der Waals surface area contributed by atoms with Gasteiger partial charge in [0.1, 0.15) is 5.82 Å². The normalized spacial score (nSPS) is 30.2. The van der Waals surface area contributed by atoms with Gasteiger partial charge in [-0.1, -0.05) is 32.4 Å². The van der Waals surface area contributed by atoms with Crippen LogP contribution in [-0.2, 0) is 0 Å². The predicted molar refractivity (Wildman–Crippen MR) is 73.7 cm³/mol. The highest BCUT2D eigenvalue weighted by Gasteiger charge is 2.30. The topological polar surface area (TPSA) is 26.0 Å². The molecule has 1 nitrogen and oxygen atoms in total. The van der Waals surface area contributed by atoms with Crippen LogP contribution in [0.2, 0.25) is 0 Å². The molecule has 0 heterocycles. The Labute approximate surface area is 110 Å². The van der Waals surface area contributed by atoms with E-state index in [9.17, 15) is 4.39 Å². The first kappa shape index (κ1) is 13.5. The number of hydrogen-bond acceptors (Lipinski definition) is 1. The van der Waals surface area contributed by atoms with Crippen LogP contribution in [0.15, 0.2) is 18.2 Å².